The maximum absolute atomic E-state index is 11.6. The van der Waals surface area contributed by atoms with Crippen LogP contribution in [-0.4, -0.2) is 19.3 Å². The first-order chi connectivity index (χ1) is 6.41. The molecule has 0 bridgehead atoms. The first-order valence-corrected chi connectivity index (χ1v) is 6.16. The summed E-state index contributed by atoms with van der Waals surface area (Å²) in [4.78, 5) is 11.6. The van der Waals surface area contributed by atoms with E-state index >= 15 is 0 Å². The molecular formula is C10H14O3S. The minimum absolute atomic E-state index is 0.0198. The molecular weight excluding hydrogens is 200 g/mol. The molecule has 1 N–H and O–H groups in total. The molecule has 0 aromatic carbocycles. The summed E-state index contributed by atoms with van der Waals surface area (Å²) in [6.45, 7) is 4.26. The predicted molar refractivity (Wildman–Crippen MR) is 52.1 cm³/mol. The monoisotopic (exact) mass is 214 g/mol. The molecule has 0 heterocycles. The second-order valence-corrected chi connectivity index (χ2v) is 6.66. The fraction of sp³-hybridized carbons (Fsp3) is 0.900. The van der Waals surface area contributed by atoms with E-state index in [-0.39, 0.29) is 16.6 Å². The van der Waals surface area contributed by atoms with Gasteiger partial charge in [0.2, 0.25) is 0 Å². The Morgan fingerprint density at radius 3 is 2.50 bits per heavy atom. The summed E-state index contributed by atoms with van der Waals surface area (Å²) in [5, 5.41) is 0. The average Bonchev–Trinajstić information content (AvgIpc) is 2.46. The number of Topliss-reactive ketones (excluding diaryl/α,β-unsaturated/α-hetero) is 1. The zero-order chi connectivity index (χ0) is 10.4. The predicted octanol–water partition coefficient (Wildman–Crippen LogP) is 1.36. The lowest BCUT2D eigenvalue weighted by atomic mass is 9.64. The van der Waals surface area contributed by atoms with Gasteiger partial charge in [-0.1, -0.05) is 13.8 Å². The Morgan fingerprint density at radius 1 is 1.50 bits per heavy atom. The first-order valence-electron chi connectivity index (χ1n) is 5.05. The summed E-state index contributed by atoms with van der Waals surface area (Å²) in [6.07, 6.45) is 2.12. The standard InChI is InChI=1S/C10H14O3S/c1-8(2)6-3-4-10(14(12)13)7(11)5-9(6,8)10/h6H,3-5H2,1-2H3,(H,12,13). The fourth-order valence-electron chi connectivity index (χ4n) is 4.46. The summed E-state index contributed by atoms with van der Waals surface area (Å²) >= 11 is -1.97. The van der Waals surface area contributed by atoms with E-state index in [1.807, 2.05) is 0 Å². The molecule has 0 radical (unpaired) electrons. The summed E-state index contributed by atoms with van der Waals surface area (Å²) < 4.78 is 19.9. The summed E-state index contributed by atoms with van der Waals surface area (Å²) in [7, 11) is 0. The molecule has 1 spiro atoms. The summed E-state index contributed by atoms with van der Waals surface area (Å²) in [6, 6.07) is 0. The van der Waals surface area contributed by atoms with Gasteiger partial charge in [0.05, 0.1) is 0 Å². The summed E-state index contributed by atoms with van der Waals surface area (Å²) in [5.41, 5.74) is -0.00571. The molecule has 78 valence electrons. The molecule has 14 heavy (non-hydrogen) atoms. The zero-order valence-corrected chi connectivity index (χ0v) is 9.19. The Kier molecular flexibility index (Phi) is 1.29. The van der Waals surface area contributed by atoms with Gasteiger partial charge >= 0.3 is 0 Å². The van der Waals surface area contributed by atoms with Crippen LogP contribution in [0.25, 0.3) is 0 Å². The Labute approximate surface area is 85.5 Å². The van der Waals surface area contributed by atoms with Crippen molar-refractivity contribution in [3.63, 3.8) is 0 Å². The third kappa shape index (κ3) is 0.531. The van der Waals surface area contributed by atoms with Gasteiger partial charge in [0.25, 0.3) is 0 Å². The highest BCUT2D eigenvalue weighted by Gasteiger charge is 2.91. The van der Waals surface area contributed by atoms with Gasteiger partial charge in [-0.25, -0.2) is 4.21 Å². The molecule has 0 aliphatic heterocycles. The van der Waals surface area contributed by atoms with Gasteiger partial charge in [0.15, 0.2) is 16.9 Å². The lowest BCUT2D eigenvalue weighted by molar-refractivity contribution is -0.134. The van der Waals surface area contributed by atoms with Crippen LogP contribution >= 0.6 is 0 Å². The van der Waals surface area contributed by atoms with Crippen LogP contribution in [0.1, 0.15) is 33.1 Å². The van der Waals surface area contributed by atoms with E-state index in [1.54, 1.807) is 0 Å². The maximum Gasteiger partial charge on any atom is 0.167 e. The van der Waals surface area contributed by atoms with Crippen molar-refractivity contribution < 1.29 is 13.6 Å². The topological polar surface area (TPSA) is 54.4 Å². The molecule has 4 atom stereocenters. The van der Waals surface area contributed by atoms with Crippen LogP contribution in [0, 0.1) is 16.7 Å². The highest BCUT2D eigenvalue weighted by Crippen LogP contribution is 2.87. The van der Waals surface area contributed by atoms with Crippen LogP contribution in [0.2, 0.25) is 0 Å². The molecule has 4 unspecified atom stereocenters. The van der Waals surface area contributed by atoms with Crippen LogP contribution in [-0.2, 0) is 15.9 Å². The van der Waals surface area contributed by atoms with Gasteiger partial charge in [-0.3, -0.25) is 4.79 Å². The van der Waals surface area contributed by atoms with Crippen LogP contribution in [0.15, 0.2) is 0 Å². The molecule has 3 rings (SSSR count). The lowest BCUT2D eigenvalue weighted by Gasteiger charge is -2.46. The Hall–Kier alpha value is -0.220. The summed E-state index contributed by atoms with van der Waals surface area (Å²) in [5.74, 6) is 0.523. The van der Waals surface area contributed by atoms with E-state index in [4.69, 9.17) is 0 Å². The van der Waals surface area contributed by atoms with Crippen molar-refractivity contribution in [2.75, 3.05) is 0 Å². The molecule has 0 aromatic rings. The Bertz CT molecular complexity index is 366. The van der Waals surface area contributed by atoms with E-state index in [2.05, 4.69) is 13.8 Å². The van der Waals surface area contributed by atoms with Gasteiger partial charge in [-0.15, -0.1) is 0 Å². The highest BCUT2D eigenvalue weighted by atomic mass is 32.2. The number of ketones is 1. The number of hydrogen-bond donors (Lipinski definition) is 1. The Morgan fingerprint density at radius 2 is 2.14 bits per heavy atom. The second-order valence-electron chi connectivity index (χ2n) is 5.46. The van der Waals surface area contributed by atoms with Crippen molar-refractivity contribution in [1.82, 2.24) is 0 Å². The molecule has 0 aromatic heterocycles. The minimum Gasteiger partial charge on any atom is -0.305 e. The molecule has 0 saturated heterocycles. The van der Waals surface area contributed by atoms with E-state index in [0.717, 1.165) is 6.42 Å². The first kappa shape index (κ1) is 9.04. The number of carbonyl (C=O) groups excluding carboxylic acids is 1. The molecule has 0 amide bonds. The van der Waals surface area contributed by atoms with Crippen molar-refractivity contribution in [3.8, 4) is 0 Å². The molecule has 3 saturated carbocycles. The van der Waals surface area contributed by atoms with E-state index in [0.29, 0.717) is 18.8 Å². The smallest absolute Gasteiger partial charge is 0.167 e. The highest BCUT2D eigenvalue weighted by molar-refractivity contribution is 7.82. The molecule has 3 nitrogen and oxygen atoms in total. The zero-order valence-electron chi connectivity index (χ0n) is 8.37. The largest absolute Gasteiger partial charge is 0.305 e. The van der Waals surface area contributed by atoms with Crippen molar-refractivity contribution in [3.05, 3.63) is 0 Å². The lowest BCUT2D eigenvalue weighted by Crippen LogP contribution is -2.61. The molecule has 4 heteroatoms. The second kappa shape index (κ2) is 2.00. The van der Waals surface area contributed by atoms with Gasteiger partial charge in [0.1, 0.15) is 4.75 Å². The average molecular weight is 214 g/mol. The van der Waals surface area contributed by atoms with E-state index in [9.17, 15) is 13.6 Å². The fourth-order valence-corrected chi connectivity index (χ4v) is 5.81. The number of rotatable bonds is 1. The van der Waals surface area contributed by atoms with E-state index in [1.165, 1.54) is 0 Å². The third-order valence-corrected chi connectivity index (χ3v) is 6.62. The van der Waals surface area contributed by atoms with Crippen molar-refractivity contribution in [1.29, 1.82) is 0 Å². The van der Waals surface area contributed by atoms with Crippen LogP contribution < -0.4 is 0 Å². The van der Waals surface area contributed by atoms with Crippen LogP contribution in [0.3, 0.4) is 0 Å². The third-order valence-electron chi connectivity index (χ3n) is 5.23. The van der Waals surface area contributed by atoms with Gasteiger partial charge in [-0.2, -0.15) is 0 Å². The quantitative estimate of drug-likeness (QED) is 0.670. The maximum atomic E-state index is 11.6. The van der Waals surface area contributed by atoms with Crippen LogP contribution in [0.4, 0.5) is 0 Å². The Balaban J connectivity index is 2.14. The van der Waals surface area contributed by atoms with Crippen molar-refractivity contribution in [2.24, 2.45) is 16.7 Å². The molecule has 3 aliphatic rings. The van der Waals surface area contributed by atoms with Gasteiger partial charge < -0.3 is 4.55 Å². The van der Waals surface area contributed by atoms with Crippen molar-refractivity contribution >= 4 is 16.9 Å². The van der Waals surface area contributed by atoms with Gasteiger partial charge in [0, 0.05) is 11.8 Å². The van der Waals surface area contributed by atoms with Crippen LogP contribution in [0.5, 0.6) is 0 Å². The number of hydrogen-bond acceptors (Lipinski definition) is 2. The normalized spacial score (nSPS) is 54.5. The van der Waals surface area contributed by atoms with Crippen molar-refractivity contribution in [2.45, 2.75) is 37.9 Å². The molecule has 3 fully saturated rings. The minimum atomic E-state index is -1.97. The van der Waals surface area contributed by atoms with Gasteiger partial charge in [-0.05, 0) is 24.2 Å². The SMILES string of the molecule is CC1(C)C2CCC3(S(=O)O)C(=O)CC213. The molecule has 3 aliphatic carbocycles. The number of carbonyl (C=O) groups is 1. The van der Waals surface area contributed by atoms with E-state index < -0.39 is 15.8 Å².